The van der Waals surface area contributed by atoms with Crippen LogP contribution in [-0.2, 0) is 11.2 Å². The molecule has 4 rings (SSSR count). The lowest BCUT2D eigenvalue weighted by Gasteiger charge is -1.99. The number of benzene rings is 1. The zero-order valence-electron chi connectivity index (χ0n) is 17.6. The maximum Gasteiger partial charge on any atom is 0.313 e. The van der Waals surface area contributed by atoms with Gasteiger partial charge in [0.1, 0.15) is 5.01 Å². The molecule has 0 saturated carbocycles. The lowest BCUT2D eigenvalue weighted by Crippen LogP contribution is -1.97. The molecule has 0 fully saturated rings. The predicted molar refractivity (Wildman–Crippen MR) is 129 cm³/mol. The zero-order chi connectivity index (χ0) is 22.2. The highest BCUT2D eigenvalue weighted by Gasteiger charge is 2.16. The number of fused-ring (bicyclic) bond motifs is 1. The molecule has 0 unspecified atom stereocenters. The fourth-order valence-electron chi connectivity index (χ4n) is 2.76. The van der Waals surface area contributed by atoms with Crippen molar-refractivity contribution in [1.82, 2.24) is 4.98 Å². The molecule has 1 N–H and O–H groups in total. The van der Waals surface area contributed by atoms with E-state index < -0.39 is 5.97 Å². The molecule has 0 spiro atoms. The molecule has 0 bridgehead atoms. The van der Waals surface area contributed by atoms with Gasteiger partial charge in [0.15, 0.2) is 11.5 Å². The molecule has 3 heterocycles. The number of thiazole rings is 1. The van der Waals surface area contributed by atoms with E-state index in [4.69, 9.17) is 19.6 Å². The number of carboxylic acids is 1. The first-order valence-electron chi connectivity index (χ1n) is 9.82. The molecular formula is C23H23NO4S3. The van der Waals surface area contributed by atoms with E-state index in [2.05, 4.69) is 24.8 Å². The predicted octanol–water partition coefficient (Wildman–Crippen LogP) is 5.70. The average Bonchev–Trinajstić information content (AvgIpc) is 3.49. The van der Waals surface area contributed by atoms with E-state index in [1.54, 1.807) is 22.7 Å². The first kappa shape index (κ1) is 23.2. The lowest BCUT2D eigenvalue weighted by atomic mass is 10.2. The van der Waals surface area contributed by atoms with Gasteiger partial charge < -0.3 is 14.6 Å². The fourth-order valence-corrected chi connectivity index (χ4v) is 5.03. The summed E-state index contributed by atoms with van der Waals surface area (Å²) >= 11 is 4.64. The number of carboxylic acid groups (broad SMARTS) is 1. The van der Waals surface area contributed by atoms with Gasteiger partial charge in [-0.2, -0.15) is 0 Å². The number of aliphatic carboxylic acids is 1. The van der Waals surface area contributed by atoms with Gasteiger partial charge in [-0.05, 0) is 37.3 Å². The largest absolute Gasteiger partial charge is 0.481 e. The van der Waals surface area contributed by atoms with Crippen LogP contribution < -0.4 is 9.47 Å². The Hall–Kier alpha value is -2.47. The van der Waals surface area contributed by atoms with Crippen molar-refractivity contribution in [2.24, 2.45) is 0 Å². The molecule has 0 aliphatic carbocycles. The molecule has 0 atom stereocenters. The molecule has 5 nitrogen and oxygen atoms in total. The molecule has 0 radical (unpaired) electrons. The number of aromatic nitrogens is 1. The summed E-state index contributed by atoms with van der Waals surface area (Å²) in [6, 6.07) is 10.0. The van der Waals surface area contributed by atoms with Crippen molar-refractivity contribution in [1.29, 1.82) is 0 Å². The van der Waals surface area contributed by atoms with E-state index in [1.165, 1.54) is 21.5 Å². The van der Waals surface area contributed by atoms with Gasteiger partial charge in [-0.25, -0.2) is 4.98 Å². The van der Waals surface area contributed by atoms with Crippen molar-refractivity contribution in [2.75, 3.05) is 18.3 Å². The van der Waals surface area contributed by atoms with Crippen LogP contribution in [0.2, 0.25) is 0 Å². The van der Waals surface area contributed by atoms with Crippen LogP contribution in [0.4, 0.5) is 0 Å². The van der Waals surface area contributed by atoms with Crippen LogP contribution in [0.1, 0.15) is 34.2 Å². The maximum absolute atomic E-state index is 10.5. The standard InChI is InChI=1S/C21H17NO4S3.C2H6/c1-13-17(10-16-6-5-15(29-16)3-2-8-27-11-20(23)24)22-21(28-13)14-4-7-18-19(9-14)26-12-25-18;1-2/h4-7,9H,8,10-12H2,1H3,(H,23,24);1-2H3. The van der Waals surface area contributed by atoms with Crippen LogP contribution in [0.15, 0.2) is 30.3 Å². The summed E-state index contributed by atoms with van der Waals surface area (Å²) in [4.78, 5) is 18.7. The number of aryl methyl sites for hydroxylation is 1. The van der Waals surface area contributed by atoms with Gasteiger partial charge in [0.2, 0.25) is 6.79 Å². The van der Waals surface area contributed by atoms with Crippen molar-refractivity contribution in [3.63, 3.8) is 0 Å². The van der Waals surface area contributed by atoms with Crippen molar-refractivity contribution >= 4 is 40.4 Å². The topological polar surface area (TPSA) is 68.7 Å². The first-order chi connectivity index (χ1) is 15.1. The Morgan fingerprint density at radius 2 is 2.00 bits per heavy atom. The van der Waals surface area contributed by atoms with Crippen LogP contribution in [0.3, 0.4) is 0 Å². The Balaban J connectivity index is 0.00000132. The van der Waals surface area contributed by atoms with Crippen molar-refractivity contribution in [3.05, 3.63) is 50.7 Å². The van der Waals surface area contributed by atoms with E-state index in [0.29, 0.717) is 5.75 Å². The van der Waals surface area contributed by atoms with Crippen LogP contribution in [0.5, 0.6) is 11.5 Å². The molecule has 3 aromatic rings. The molecular weight excluding hydrogens is 450 g/mol. The van der Waals surface area contributed by atoms with Gasteiger partial charge in [0, 0.05) is 21.7 Å². The van der Waals surface area contributed by atoms with Gasteiger partial charge in [-0.3, -0.25) is 4.79 Å². The zero-order valence-corrected chi connectivity index (χ0v) is 20.0. The third-order valence-corrected chi connectivity index (χ3v) is 6.99. The number of hydrogen-bond acceptors (Lipinski definition) is 7. The van der Waals surface area contributed by atoms with Gasteiger partial charge in [0.05, 0.1) is 22.1 Å². The minimum Gasteiger partial charge on any atom is -0.481 e. The second-order valence-electron chi connectivity index (χ2n) is 6.22. The molecule has 31 heavy (non-hydrogen) atoms. The minimum atomic E-state index is -0.811. The Bertz CT molecular complexity index is 1110. The van der Waals surface area contributed by atoms with E-state index in [-0.39, 0.29) is 12.5 Å². The second-order valence-corrected chi connectivity index (χ2v) is 9.58. The molecule has 1 aliphatic heterocycles. The number of thioether (sulfide) groups is 1. The highest BCUT2D eigenvalue weighted by molar-refractivity contribution is 8.00. The average molecular weight is 474 g/mol. The summed E-state index contributed by atoms with van der Waals surface area (Å²) < 4.78 is 10.8. The van der Waals surface area contributed by atoms with Gasteiger partial charge in [0.25, 0.3) is 0 Å². The molecule has 0 amide bonds. The number of thiophene rings is 1. The summed E-state index contributed by atoms with van der Waals surface area (Å²) in [5.41, 5.74) is 2.10. The molecule has 0 saturated heterocycles. The van der Waals surface area contributed by atoms with E-state index in [1.807, 2.05) is 38.1 Å². The Labute approximate surface area is 194 Å². The normalized spacial score (nSPS) is 11.3. The van der Waals surface area contributed by atoms with Crippen LogP contribution in [-0.4, -0.2) is 34.4 Å². The number of rotatable bonds is 6. The minimum absolute atomic E-state index is 0.0825. The first-order valence-corrected chi connectivity index (χ1v) is 12.6. The summed E-state index contributed by atoms with van der Waals surface area (Å²) in [5, 5.41) is 9.60. The van der Waals surface area contributed by atoms with Gasteiger partial charge in [-0.15, -0.1) is 34.4 Å². The highest BCUT2D eigenvalue weighted by atomic mass is 32.2. The molecule has 8 heteroatoms. The highest BCUT2D eigenvalue weighted by Crippen LogP contribution is 2.38. The Morgan fingerprint density at radius 1 is 1.19 bits per heavy atom. The number of hydrogen-bond donors (Lipinski definition) is 1. The Kier molecular flexibility index (Phi) is 8.41. The number of ether oxygens (including phenoxy) is 2. The fraction of sp³-hybridized carbons (Fsp3) is 0.304. The maximum atomic E-state index is 10.5. The molecule has 1 aliphatic rings. The molecule has 1 aromatic carbocycles. The SMILES string of the molecule is CC.Cc1sc(-c2ccc3c(c2)OCO3)nc1Cc1ccc(C#CCSCC(=O)O)s1. The lowest BCUT2D eigenvalue weighted by molar-refractivity contribution is -0.133. The van der Waals surface area contributed by atoms with Crippen LogP contribution in [0, 0.1) is 18.8 Å². The van der Waals surface area contributed by atoms with Crippen molar-refractivity contribution in [2.45, 2.75) is 27.2 Å². The van der Waals surface area contributed by atoms with Crippen LogP contribution >= 0.6 is 34.4 Å². The van der Waals surface area contributed by atoms with E-state index in [9.17, 15) is 4.79 Å². The van der Waals surface area contributed by atoms with Crippen molar-refractivity contribution < 1.29 is 19.4 Å². The summed E-state index contributed by atoms with van der Waals surface area (Å²) in [6.07, 6.45) is 0.771. The number of nitrogens with zero attached hydrogens (tertiary/aromatic N) is 1. The smallest absolute Gasteiger partial charge is 0.313 e. The quantitative estimate of drug-likeness (QED) is 0.366. The Morgan fingerprint density at radius 3 is 2.81 bits per heavy atom. The van der Waals surface area contributed by atoms with Crippen molar-refractivity contribution in [3.8, 4) is 33.9 Å². The second kappa shape index (κ2) is 11.2. The third-order valence-electron chi connectivity index (χ3n) is 4.13. The monoisotopic (exact) mass is 473 g/mol. The van der Waals surface area contributed by atoms with E-state index >= 15 is 0 Å². The van der Waals surface area contributed by atoms with E-state index in [0.717, 1.165) is 39.1 Å². The summed E-state index contributed by atoms with van der Waals surface area (Å²) in [6.45, 7) is 6.36. The summed E-state index contributed by atoms with van der Waals surface area (Å²) in [5.74, 6) is 7.45. The number of carbonyl (C=O) groups is 1. The summed E-state index contributed by atoms with van der Waals surface area (Å²) in [7, 11) is 0. The van der Waals surface area contributed by atoms with Crippen LogP contribution in [0.25, 0.3) is 10.6 Å². The van der Waals surface area contributed by atoms with Gasteiger partial charge >= 0.3 is 5.97 Å². The third kappa shape index (κ3) is 6.26. The molecule has 162 valence electrons. The molecule has 2 aromatic heterocycles. The van der Waals surface area contributed by atoms with Gasteiger partial charge in [-0.1, -0.05) is 25.7 Å².